The topological polar surface area (TPSA) is 19.4 Å². The van der Waals surface area contributed by atoms with Crippen LogP contribution in [0.3, 0.4) is 0 Å². The van der Waals surface area contributed by atoms with Crippen molar-refractivity contribution < 1.29 is 0 Å². The molecule has 58 heavy (non-hydrogen) atoms. The lowest BCUT2D eigenvalue weighted by Crippen LogP contribution is -2.10. The number of rotatable bonds is 7. The first-order valence-electron chi connectivity index (χ1n) is 19.9. The smallest absolute Gasteiger partial charge is 0.0703 e. The second-order valence-electron chi connectivity index (χ2n) is 15.2. The van der Waals surface area contributed by atoms with Crippen molar-refractivity contribution in [3.63, 3.8) is 0 Å². The number of anilines is 6. The SMILES string of the molecule is c1ccc(N(c2ccc(-c3ccc(N(c4ccccc4)c4cc5ccc6cccc7ccc(c4)c5c67)cn3)cc2)c2cc3ccc4cccc5ccc(c2)c3c45)cc1. The van der Waals surface area contributed by atoms with Gasteiger partial charge in [0.05, 0.1) is 17.6 Å². The Hall–Kier alpha value is -7.75. The Morgan fingerprint density at radius 3 is 1.03 bits per heavy atom. The van der Waals surface area contributed by atoms with Gasteiger partial charge in [0.1, 0.15) is 0 Å². The van der Waals surface area contributed by atoms with Crippen molar-refractivity contribution in [2.45, 2.75) is 0 Å². The molecular formula is C55H35N3. The maximum absolute atomic E-state index is 5.08. The molecule has 0 radical (unpaired) electrons. The lowest BCUT2D eigenvalue weighted by Gasteiger charge is -2.27. The molecule has 270 valence electrons. The summed E-state index contributed by atoms with van der Waals surface area (Å²) in [5.41, 5.74) is 8.50. The summed E-state index contributed by atoms with van der Waals surface area (Å²) in [6.07, 6.45) is 2.00. The van der Waals surface area contributed by atoms with Crippen LogP contribution in [0, 0.1) is 0 Å². The number of benzene rings is 11. The fourth-order valence-corrected chi connectivity index (χ4v) is 9.25. The summed E-state index contributed by atoms with van der Waals surface area (Å²) in [6, 6.07) is 74.8. The highest BCUT2D eigenvalue weighted by Crippen LogP contribution is 2.44. The van der Waals surface area contributed by atoms with E-state index in [0.29, 0.717) is 0 Å². The van der Waals surface area contributed by atoms with E-state index in [1.807, 2.05) is 6.20 Å². The van der Waals surface area contributed by atoms with E-state index in [0.717, 1.165) is 45.4 Å². The molecule has 0 aliphatic carbocycles. The minimum atomic E-state index is 0.924. The zero-order valence-corrected chi connectivity index (χ0v) is 31.5. The first-order valence-corrected chi connectivity index (χ1v) is 19.9. The Morgan fingerprint density at radius 1 is 0.259 bits per heavy atom. The first kappa shape index (κ1) is 32.5. The molecule has 0 N–H and O–H groups in total. The first-order chi connectivity index (χ1) is 28.7. The summed E-state index contributed by atoms with van der Waals surface area (Å²) < 4.78 is 0. The predicted molar refractivity (Wildman–Crippen MR) is 246 cm³/mol. The van der Waals surface area contributed by atoms with E-state index in [2.05, 4.69) is 216 Å². The number of aromatic nitrogens is 1. The molecule has 0 amide bonds. The summed E-state index contributed by atoms with van der Waals surface area (Å²) in [5.74, 6) is 0. The fraction of sp³-hybridized carbons (Fsp3) is 0. The Balaban J connectivity index is 0.914. The second kappa shape index (κ2) is 12.9. The summed E-state index contributed by atoms with van der Waals surface area (Å²) in [4.78, 5) is 9.73. The van der Waals surface area contributed by atoms with E-state index < -0.39 is 0 Å². The average Bonchev–Trinajstić information content (AvgIpc) is 3.29. The van der Waals surface area contributed by atoms with E-state index in [4.69, 9.17) is 4.98 Å². The van der Waals surface area contributed by atoms with Crippen LogP contribution < -0.4 is 9.80 Å². The number of nitrogens with zero attached hydrogens (tertiary/aromatic N) is 3. The van der Waals surface area contributed by atoms with Crippen LogP contribution >= 0.6 is 0 Å². The third-order valence-corrected chi connectivity index (χ3v) is 11.9. The summed E-state index contributed by atoms with van der Waals surface area (Å²) >= 11 is 0. The maximum atomic E-state index is 5.08. The van der Waals surface area contributed by atoms with Crippen LogP contribution in [-0.2, 0) is 0 Å². The molecule has 3 heteroatoms. The molecule has 1 heterocycles. The second-order valence-corrected chi connectivity index (χ2v) is 15.2. The highest BCUT2D eigenvalue weighted by molar-refractivity contribution is 6.25. The molecule has 0 saturated carbocycles. The summed E-state index contributed by atoms with van der Waals surface area (Å²) in [7, 11) is 0. The van der Waals surface area contributed by atoms with Gasteiger partial charge in [0.25, 0.3) is 0 Å². The van der Waals surface area contributed by atoms with Gasteiger partial charge in [-0.3, -0.25) is 4.98 Å². The van der Waals surface area contributed by atoms with Crippen molar-refractivity contribution in [3.8, 4) is 11.3 Å². The standard InChI is InChI=1S/C55H35N3/c1-3-13-45(14-4-1)57(49-31-41-21-17-37-9-7-10-38-18-22-42(32-49)54(41)52(37)38)47-27-25-36(26-28-47)51-30-29-48(35-56-51)58(46-15-5-2-6-16-46)50-33-43-23-19-39-11-8-12-40-20-24-44(34-50)55(43)53(39)40/h1-35H. The van der Waals surface area contributed by atoms with Crippen molar-refractivity contribution in [1.29, 1.82) is 0 Å². The van der Waals surface area contributed by atoms with Crippen LogP contribution in [0.4, 0.5) is 34.1 Å². The molecule has 0 unspecified atom stereocenters. The van der Waals surface area contributed by atoms with Gasteiger partial charge in [0, 0.05) is 34.0 Å². The number of pyridine rings is 1. The Bertz CT molecular complexity index is 3070. The molecule has 0 aliphatic rings. The quantitative estimate of drug-likeness (QED) is 0.152. The molecule has 3 nitrogen and oxygen atoms in total. The molecule has 0 bridgehead atoms. The summed E-state index contributed by atoms with van der Waals surface area (Å²) in [6.45, 7) is 0. The molecule has 0 saturated heterocycles. The zero-order chi connectivity index (χ0) is 38.2. The third kappa shape index (κ3) is 5.18. The van der Waals surface area contributed by atoms with Crippen LogP contribution in [0.5, 0.6) is 0 Å². The van der Waals surface area contributed by atoms with Gasteiger partial charge in [0.2, 0.25) is 0 Å². The molecular weight excluding hydrogens is 703 g/mol. The van der Waals surface area contributed by atoms with Crippen LogP contribution in [0.25, 0.3) is 75.9 Å². The highest BCUT2D eigenvalue weighted by Gasteiger charge is 2.19. The Kier molecular flexibility index (Phi) is 7.23. The van der Waals surface area contributed by atoms with E-state index >= 15 is 0 Å². The van der Waals surface area contributed by atoms with Gasteiger partial charge in [0.15, 0.2) is 0 Å². The Labute approximate surface area is 336 Å². The number of para-hydroxylation sites is 2. The van der Waals surface area contributed by atoms with Crippen molar-refractivity contribution in [1.82, 2.24) is 4.98 Å². The zero-order valence-electron chi connectivity index (χ0n) is 31.5. The van der Waals surface area contributed by atoms with Gasteiger partial charge in [-0.15, -0.1) is 0 Å². The van der Waals surface area contributed by atoms with Crippen molar-refractivity contribution >= 4 is 98.8 Å². The van der Waals surface area contributed by atoms with E-state index in [1.54, 1.807) is 0 Å². The lowest BCUT2D eigenvalue weighted by molar-refractivity contribution is 1.23. The lowest BCUT2D eigenvalue weighted by atomic mass is 9.93. The molecule has 11 aromatic carbocycles. The number of hydrogen-bond acceptors (Lipinski definition) is 3. The Morgan fingerprint density at radius 2 is 0.621 bits per heavy atom. The molecule has 0 atom stereocenters. The van der Waals surface area contributed by atoms with Gasteiger partial charge < -0.3 is 9.80 Å². The van der Waals surface area contributed by atoms with E-state index in [9.17, 15) is 0 Å². The van der Waals surface area contributed by atoms with Crippen LogP contribution in [-0.4, -0.2) is 4.98 Å². The van der Waals surface area contributed by atoms with Crippen LogP contribution in [0.2, 0.25) is 0 Å². The van der Waals surface area contributed by atoms with Gasteiger partial charge >= 0.3 is 0 Å². The van der Waals surface area contributed by atoms with E-state index in [-0.39, 0.29) is 0 Å². The fourth-order valence-electron chi connectivity index (χ4n) is 9.25. The average molecular weight is 738 g/mol. The van der Waals surface area contributed by atoms with Gasteiger partial charge in [-0.05, 0) is 137 Å². The van der Waals surface area contributed by atoms with Crippen molar-refractivity contribution in [2.24, 2.45) is 0 Å². The normalized spacial score (nSPS) is 11.8. The predicted octanol–water partition coefficient (Wildman–Crippen LogP) is 15.5. The maximum Gasteiger partial charge on any atom is 0.0703 e. The molecule has 12 rings (SSSR count). The molecule has 1 aromatic heterocycles. The largest absolute Gasteiger partial charge is 0.310 e. The van der Waals surface area contributed by atoms with Gasteiger partial charge in [-0.1, -0.05) is 133 Å². The van der Waals surface area contributed by atoms with Gasteiger partial charge in [-0.2, -0.15) is 0 Å². The minimum Gasteiger partial charge on any atom is -0.310 e. The van der Waals surface area contributed by atoms with Crippen LogP contribution in [0.15, 0.2) is 212 Å². The highest BCUT2D eigenvalue weighted by atomic mass is 15.2. The van der Waals surface area contributed by atoms with Crippen LogP contribution in [0.1, 0.15) is 0 Å². The molecule has 0 fully saturated rings. The van der Waals surface area contributed by atoms with Gasteiger partial charge in [-0.25, -0.2) is 0 Å². The van der Waals surface area contributed by atoms with Crippen molar-refractivity contribution in [2.75, 3.05) is 9.80 Å². The molecule has 12 aromatic rings. The monoisotopic (exact) mass is 737 g/mol. The number of hydrogen-bond donors (Lipinski definition) is 0. The van der Waals surface area contributed by atoms with Crippen molar-refractivity contribution in [3.05, 3.63) is 212 Å². The summed E-state index contributed by atoms with van der Waals surface area (Å²) in [5, 5.41) is 15.3. The van der Waals surface area contributed by atoms with E-state index in [1.165, 1.54) is 64.6 Å². The third-order valence-electron chi connectivity index (χ3n) is 11.9. The minimum absolute atomic E-state index is 0.924. The molecule has 0 aliphatic heterocycles. The molecule has 0 spiro atoms.